The molecule has 0 aromatic rings. The molecule has 0 heterocycles. The van der Waals surface area contributed by atoms with E-state index in [-0.39, 0.29) is 12.5 Å². The van der Waals surface area contributed by atoms with Gasteiger partial charge in [-0.05, 0) is 0 Å². The number of carboxylic acids is 3. The van der Waals surface area contributed by atoms with Gasteiger partial charge in [-0.3, -0.25) is 19.8 Å². The molecule has 0 radical (unpaired) electrons. The Morgan fingerprint density at radius 3 is 1.86 bits per heavy atom. The van der Waals surface area contributed by atoms with Crippen LogP contribution in [-0.4, -0.2) is 69.6 Å². The highest BCUT2D eigenvalue weighted by molar-refractivity contribution is 5.85. The molecule has 0 aromatic heterocycles. The Morgan fingerprint density at radius 2 is 1.67 bits per heavy atom. The quantitative estimate of drug-likeness (QED) is 0.236. The Morgan fingerprint density at radius 1 is 1.19 bits per heavy atom. The van der Waals surface area contributed by atoms with Crippen molar-refractivity contribution < 1.29 is 34.5 Å². The van der Waals surface area contributed by atoms with E-state index >= 15 is 0 Å². The molecule has 11 nitrogen and oxygen atoms in total. The van der Waals surface area contributed by atoms with Crippen LogP contribution in [0.4, 0.5) is 0 Å². The molecule has 0 spiro atoms. The first-order valence-electron chi connectivity index (χ1n) is 5.46. The third-order valence-corrected chi connectivity index (χ3v) is 1.84. The molecule has 1 atom stereocenters. The normalized spacial score (nSPS) is 10.4. The number of likely N-dealkylation sites (N-methyl/N-ethyl adjacent to an activating group) is 1. The molecular formula is C10H18N4O7. The number of nitrogens with zero attached hydrogens (tertiary/aromatic N) is 1. The number of rotatable bonds is 6. The first-order chi connectivity index (χ1) is 9.47. The van der Waals surface area contributed by atoms with Crippen molar-refractivity contribution in [2.45, 2.75) is 19.4 Å². The van der Waals surface area contributed by atoms with Gasteiger partial charge >= 0.3 is 17.9 Å². The van der Waals surface area contributed by atoms with E-state index in [1.165, 1.54) is 7.05 Å². The third kappa shape index (κ3) is 13.4. The fraction of sp³-hybridized carbons (Fsp3) is 0.500. The molecule has 0 aliphatic heterocycles. The molecule has 0 saturated carbocycles. The van der Waals surface area contributed by atoms with Crippen LogP contribution < -0.4 is 11.1 Å². The summed E-state index contributed by atoms with van der Waals surface area (Å²) in [5.41, 5.74) is 4.93. The maximum absolute atomic E-state index is 10.4. The van der Waals surface area contributed by atoms with E-state index in [1.54, 1.807) is 0 Å². The molecule has 1 amide bonds. The summed E-state index contributed by atoms with van der Waals surface area (Å²) in [6.45, 7) is 0.896. The molecule has 11 heteroatoms. The number of guanidine groups is 1. The number of aliphatic carboxylic acids is 3. The summed E-state index contributed by atoms with van der Waals surface area (Å²) in [5.74, 6) is -4.42. The van der Waals surface area contributed by atoms with Gasteiger partial charge in [-0.2, -0.15) is 0 Å². The lowest BCUT2D eigenvalue weighted by Gasteiger charge is -2.12. The maximum atomic E-state index is 10.4. The Balaban J connectivity index is 0. The van der Waals surface area contributed by atoms with E-state index in [2.05, 4.69) is 0 Å². The molecule has 0 fully saturated rings. The number of hydrogen-bond donors (Lipinski definition) is 6. The van der Waals surface area contributed by atoms with Gasteiger partial charge in [-0.25, -0.2) is 4.79 Å². The maximum Gasteiger partial charge on any atom is 0.326 e. The zero-order valence-electron chi connectivity index (χ0n) is 11.5. The molecule has 0 bridgehead atoms. The van der Waals surface area contributed by atoms with Crippen molar-refractivity contribution in [2.75, 3.05) is 13.6 Å². The summed E-state index contributed by atoms with van der Waals surface area (Å²) in [4.78, 5) is 41.8. The van der Waals surface area contributed by atoms with E-state index in [9.17, 15) is 19.2 Å². The lowest BCUT2D eigenvalue weighted by atomic mass is 10.2. The van der Waals surface area contributed by atoms with Gasteiger partial charge in [0, 0.05) is 14.0 Å². The van der Waals surface area contributed by atoms with Crippen LogP contribution in [0.15, 0.2) is 0 Å². The van der Waals surface area contributed by atoms with Crippen LogP contribution in [-0.2, 0) is 19.2 Å². The first kappa shape index (κ1) is 20.5. The van der Waals surface area contributed by atoms with Gasteiger partial charge in [0.25, 0.3) is 0 Å². The Hall–Kier alpha value is -2.85. The zero-order chi connectivity index (χ0) is 17.2. The van der Waals surface area contributed by atoms with E-state index in [4.69, 9.17) is 26.5 Å². The Bertz CT molecular complexity index is 408. The van der Waals surface area contributed by atoms with Crippen LogP contribution >= 0.6 is 0 Å². The zero-order valence-corrected chi connectivity index (χ0v) is 11.5. The van der Waals surface area contributed by atoms with Gasteiger partial charge in [-0.1, -0.05) is 0 Å². The van der Waals surface area contributed by atoms with Crippen molar-refractivity contribution >= 4 is 29.8 Å². The van der Waals surface area contributed by atoms with Gasteiger partial charge in [-0.15, -0.1) is 0 Å². The highest BCUT2D eigenvalue weighted by atomic mass is 16.4. The molecule has 0 aliphatic carbocycles. The number of nitrogens with one attached hydrogen (secondary N) is 2. The fourth-order valence-electron chi connectivity index (χ4n) is 0.908. The number of carbonyl (C=O) groups excluding carboxylic acids is 1. The van der Waals surface area contributed by atoms with Gasteiger partial charge in [0.15, 0.2) is 5.96 Å². The highest BCUT2D eigenvalue weighted by Gasteiger charge is 2.21. The average molecular weight is 306 g/mol. The predicted octanol–water partition coefficient (Wildman–Crippen LogP) is -2.05. The minimum Gasteiger partial charge on any atom is -0.481 e. The summed E-state index contributed by atoms with van der Waals surface area (Å²) < 4.78 is 0. The molecule has 0 unspecified atom stereocenters. The van der Waals surface area contributed by atoms with Gasteiger partial charge < -0.3 is 31.3 Å². The van der Waals surface area contributed by atoms with Crippen LogP contribution in [0, 0.1) is 5.41 Å². The van der Waals surface area contributed by atoms with Crippen molar-refractivity contribution in [3.8, 4) is 0 Å². The predicted molar refractivity (Wildman–Crippen MR) is 69.7 cm³/mol. The van der Waals surface area contributed by atoms with Gasteiger partial charge in [0.1, 0.15) is 12.6 Å². The largest absolute Gasteiger partial charge is 0.481 e. The SMILES string of the molecule is CC(=O)N[C@@H](CC(=O)O)C(=O)O.CN(CC(=O)O)C(=N)N. The van der Waals surface area contributed by atoms with E-state index in [0.717, 1.165) is 11.8 Å². The number of hydrogen-bond acceptors (Lipinski definition) is 5. The molecular weight excluding hydrogens is 288 g/mol. The molecule has 21 heavy (non-hydrogen) atoms. The molecule has 120 valence electrons. The summed E-state index contributed by atoms with van der Waals surface area (Å²) in [7, 11) is 1.44. The second kappa shape index (κ2) is 10.00. The molecule has 0 rings (SSSR count). The Kier molecular flexibility index (Phi) is 9.75. The first-order valence-corrected chi connectivity index (χ1v) is 5.46. The molecule has 7 N–H and O–H groups in total. The second-order valence-corrected chi connectivity index (χ2v) is 3.82. The monoisotopic (exact) mass is 306 g/mol. The molecule has 0 saturated heterocycles. The molecule has 0 aromatic carbocycles. The smallest absolute Gasteiger partial charge is 0.326 e. The van der Waals surface area contributed by atoms with Gasteiger partial charge in [0.2, 0.25) is 5.91 Å². The topological polar surface area (TPSA) is 194 Å². The Labute approximate surface area is 119 Å². The summed E-state index contributed by atoms with van der Waals surface area (Å²) >= 11 is 0. The van der Waals surface area contributed by atoms with Crippen LogP contribution in [0.3, 0.4) is 0 Å². The van der Waals surface area contributed by atoms with E-state index in [0.29, 0.717) is 0 Å². The average Bonchev–Trinajstić information content (AvgIpc) is 2.26. The summed E-state index contributed by atoms with van der Waals surface area (Å²) in [6.07, 6.45) is -0.616. The number of amides is 1. The number of carbonyl (C=O) groups is 4. The number of nitrogens with two attached hydrogens (primary N) is 1. The van der Waals surface area contributed by atoms with E-state index in [1.807, 2.05) is 5.32 Å². The van der Waals surface area contributed by atoms with Crippen molar-refractivity contribution in [1.29, 1.82) is 5.41 Å². The van der Waals surface area contributed by atoms with Crippen LogP contribution in [0.5, 0.6) is 0 Å². The van der Waals surface area contributed by atoms with Crippen molar-refractivity contribution in [1.82, 2.24) is 10.2 Å². The van der Waals surface area contributed by atoms with Gasteiger partial charge in [0.05, 0.1) is 6.42 Å². The van der Waals surface area contributed by atoms with Crippen molar-refractivity contribution in [3.63, 3.8) is 0 Å². The lowest BCUT2D eigenvalue weighted by molar-refractivity contribution is -0.147. The minimum absolute atomic E-state index is 0.227. The van der Waals surface area contributed by atoms with Crippen molar-refractivity contribution in [2.24, 2.45) is 5.73 Å². The standard InChI is InChI=1S/C6H9NO5.C4H9N3O2/c1-3(8)7-4(6(11)12)2-5(9)10;1-7(4(5)6)2-3(8)9/h4H,2H2,1H3,(H,7,8)(H,9,10)(H,11,12);2H2,1H3,(H3,5,6)(H,8,9)/t4-;/m0./s1. The minimum atomic E-state index is -1.35. The fourth-order valence-corrected chi connectivity index (χ4v) is 0.908. The van der Waals surface area contributed by atoms with E-state index < -0.39 is 36.3 Å². The van der Waals surface area contributed by atoms with Crippen LogP contribution in [0.2, 0.25) is 0 Å². The molecule has 0 aliphatic rings. The lowest BCUT2D eigenvalue weighted by Crippen LogP contribution is -2.41. The third-order valence-electron chi connectivity index (χ3n) is 1.84. The highest BCUT2D eigenvalue weighted by Crippen LogP contribution is 1.92. The van der Waals surface area contributed by atoms with Crippen LogP contribution in [0.25, 0.3) is 0 Å². The van der Waals surface area contributed by atoms with Crippen LogP contribution in [0.1, 0.15) is 13.3 Å². The summed E-state index contributed by atoms with van der Waals surface area (Å²) in [5, 5.41) is 33.5. The number of carboxylic acid groups (broad SMARTS) is 3. The summed E-state index contributed by atoms with van der Waals surface area (Å²) in [6, 6.07) is -1.35. The van der Waals surface area contributed by atoms with Crippen molar-refractivity contribution in [3.05, 3.63) is 0 Å². The second-order valence-electron chi connectivity index (χ2n) is 3.82.